The Morgan fingerprint density at radius 2 is 2.05 bits per heavy atom. The normalized spacial score (nSPS) is 12.1. The number of rotatable bonds is 6. The second-order valence-corrected chi connectivity index (χ2v) is 5.23. The molecule has 0 aliphatic rings. The molecule has 6 nitrogen and oxygen atoms in total. The van der Waals surface area contributed by atoms with Crippen molar-refractivity contribution in [2.45, 2.75) is 32.7 Å². The maximum atomic E-state index is 11.1. The molecular formula is C15H20N4O2. The number of aromatic nitrogens is 2. The lowest BCUT2D eigenvalue weighted by Crippen LogP contribution is -2.18. The van der Waals surface area contributed by atoms with Crippen LogP contribution in [0.25, 0.3) is 0 Å². The van der Waals surface area contributed by atoms with Crippen molar-refractivity contribution in [3.8, 4) is 0 Å². The summed E-state index contributed by atoms with van der Waals surface area (Å²) in [6, 6.07) is 10.3. The van der Waals surface area contributed by atoms with E-state index in [1.807, 2.05) is 25.1 Å². The highest BCUT2D eigenvalue weighted by Crippen LogP contribution is 2.28. The Balaban J connectivity index is 2.03. The fourth-order valence-electron chi connectivity index (χ4n) is 2.36. The van der Waals surface area contributed by atoms with E-state index in [9.17, 15) is 10.1 Å². The minimum atomic E-state index is -0.380. The second-order valence-electron chi connectivity index (χ2n) is 5.23. The Kier molecular flexibility index (Phi) is 4.57. The summed E-state index contributed by atoms with van der Waals surface area (Å²) in [6.07, 6.45) is 1.82. The van der Waals surface area contributed by atoms with Gasteiger partial charge in [0.25, 0.3) is 0 Å². The lowest BCUT2D eigenvalue weighted by molar-refractivity contribution is -0.384. The van der Waals surface area contributed by atoms with Crippen molar-refractivity contribution >= 4 is 11.5 Å². The molecule has 1 unspecified atom stereocenters. The second kappa shape index (κ2) is 6.39. The predicted octanol–water partition coefficient (Wildman–Crippen LogP) is 3.07. The number of aryl methyl sites for hydroxylation is 3. The zero-order chi connectivity index (χ0) is 15.4. The number of benzene rings is 1. The molecule has 0 fully saturated rings. The van der Waals surface area contributed by atoms with Gasteiger partial charge in [-0.05, 0) is 32.3 Å². The van der Waals surface area contributed by atoms with E-state index in [0.29, 0.717) is 11.5 Å². The monoisotopic (exact) mass is 288 g/mol. The Hall–Kier alpha value is -2.37. The Morgan fingerprint density at radius 3 is 2.67 bits per heavy atom. The SMILES string of the molecule is Cc1nn(C)c(NC(C)CCc2ccccc2)c1[N+](=O)[O-]. The first kappa shape index (κ1) is 15.0. The number of anilines is 1. The van der Waals surface area contributed by atoms with Crippen LogP contribution in [0.3, 0.4) is 0 Å². The Morgan fingerprint density at radius 1 is 1.38 bits per heavy atom. The van der Waals surface area contributed by atoms with Gasteiger partial charge in [0.05, 0.1) is 4.92 Å². The maximum Gasteiger partial charge on any atom is 0.333 e. The highest BCUT2D eigenvalue weighted by molar-refractivity contribution is 5.59. The molecule has 0 radical (unpaired) electrons. The molecular weight excluding hydrogens is 268 g/mol. The van der Waals surface area contributed by atoms with Gasteiger partial charge in [0.2, 0.25) is 5.82 Å². The van der Waals surface area contributed by atoms with Crippen molar-refractivity contribution in [1.82, 2.24) is 9.78 Å². The number of hydrogen-bond acceptors (Lipinski definition) is 4. The van der Waals surface area contributed by atoms with Crippen LogP contribution in [0.2, 0.25) is 0 Å². The van der Waals surface area contributed by atoms with Crippen LogP contribution in [0.5, 0.6) is 0 Å². The molecule has 0 spiro atoms. The van der Waals surface area contributed by atoms with E-state index in [1.54, 1.807) is 14.0 Å². The molecule has 1 heterocycles. The Labute approximate surface area is 123 Å². The third-order valence-electron chi connectivity index (χ3n) is 3.47. The van der Waals surface area contributed by atoms with Crippen molar-refractivity contribution in [2.24, 2.45) is 7.05 Å². The molecule has 1 N–H and O–H groups in total. The quantitative estimate of drug-likeness (QED) is 0.655. The zero-order valence-electron chi connectivity index (χ0n) is 12.5. The van der Waals surface area contributed by atoms with Gasteiger partial charge in [-0.25, -0.2) is 4.68 Å². The van der Waals surface area contributed by atoms with Crippen LogP contribution in [-0.2, 0) is 13.5 Å². The summed E-state index contributed by atoms with van der Waals surface area (Å²) in [6.45, 7) is 3.67. The van der Waals surface area contributed by atoms with E-state index in [1.165, 1.54) is 10.2 Å². The third-order valence-corrected chi connectivity index (χ3v) is 3.47. The van der Waals surface area contributed by atoms with Crippen LogP contribution in [0.1, 0.15) is 24.6 Å². The average molecular weight is 288 g/mol. The van der Waals surface area contributed by atoms with Crippen LogP contribution in [-0.4, -0.2) is 20.7 Å². The van der Waals surface area contributed by atoms with E-state index in [2.05, 4.69) is 22.5 Å². The van der Waals surface area contributed by atoms with Crippen LogP contribution in [0.15, 0.2) is 30.3 Å². The van der Waals surface area contributed by atoms with Gasteiger partial charge < -0.3 is 5.32 Å². The molecule has 6 heteroatoms. The summed E-state index contributed by atoms with van der Waals surface area (Å²) >= 11 is 0. The number of nitrogens with zero attached hydrogens (tertiary/aromatic N) is 3. The fraction of sp³-hybridized carbons (Fsp3) is 0.400. The molecule has 0 amide bonds. The molecule has 0 bridgehead atoms. The molecule has 0 aliphatic carbocycles. The van der Waals surface area contributed by atoms with E-state index >= 15 is 0 Å². The molecule has 21 heavy (non-hydrogen) atoms. The van der Waals surface area contributed by atoms with Gasteiger partial charge >= 0.3 is 5.69 Å². The first-order chi connectivity index (χ1) is 9.99. The highest BCUT2D eigenvalue weighted by Gasteiger charge is 2.24. The topological polar surface area (TPSA) is 73.0 Å². The number of hydrogen-bond donors (Lipinski definition) is 1. The van der Waals surface area contributed by atoms with Gasteiger partial charge in [-0.2, -0.15) is 5.10 Å². The fourth-order valence-corrected chi connectivity index (χ4v) is 2.36. The highest BCUT2D eigenvalue weighted by atomic mass is 16.6. The van der Waals surface area contributed by atoms with Gasteiger partial charge in [0, 0.05) is 13.1 Å². The first-order valence-electron chi connectivity index (χ1n) is 6.97. The van der Waals surface area contributed by atoms with Crippen molar-refractivity contribution in [2.75, 3.05) is 5.32 Å². The minimum Gasteiger partial charge on any atom is -0.362 e. The number of nitrogens with one attached hydrogen (secondary N) is 1. The first-order valence-corrected chi connectivity index (χ1v) is 6.97. The number of nitro groups is 1. The zero-order valence-corrected chi connectivity index (χ0v) is 12.5. The molecule has 2 rings (SSSR count). The van der Waals surface area contributed by atoms with Crippen LogP contribution in [0, 0.1) is 17.0 Å². The summed E-state index contributed by atoms with van der Waals surface area (Å²) < 4.78 is 1.53. The van der Waals surface area contributed by atoms with E-state index in [4.69, 9.17) is 0 Å². The van der Waals surface area contributed by atoms with Crippen LogP contribution >= 0.6 is 0 Å². The van der Waals surface area contributed by atoms with Crippen molar-refractivity contribution < 1.29 is 4.92 Å². The Bertz CT molecular complexity index is 622. The molecule has 1 aromatic heterocycles. The lowest BCUT2D eigenvalue weighted by Gasteiger charge is -2.14. The minimum absolute atomic E-state index is 0.0593. The molecule has 2 aromatic rings. The third kappa shape index (κ3) is 3.59. The summed E-state index contributed by atoms with van der Waals surface area (Å²) in [5.41, 5.74) is 1.76. The van der Waals surface area contributed by atoms with E-state index < -0.39 is 0 Å². The molecule has 0 saturated carbocycles. The predicted molar refractivity (Wildman–Crippen MR) is 82.4 cm³/mol. The van der Waals surface area contributed by atoms with Crippen LogP contribution in [0.4, 0.5) is 11.5 Å². The van der Waals surface area contributed by atoms with Gasteiger partial charge in [-0.1, -0.05) is 30.3 Å². The van der Waals surface area contributed by atoms with Gasteiger partial charge in [0.1, 0.15) is 5.69 Å². The summed E-state index contributed by atoms with van der Waals surface area (Å²) in [5.74, 6) is 0.470. The summed E-state index contributed by atoms with van der Waals surface area (Å²) in [4.78, 5) is 10.7. The van der Waals surface area contributed by atoms with Crippen LogP contribution < -0.4 is 5.32 Å². The summed E-state index contributed by atoms with van der Waals surface area (Å²) in [7, 11) is 1.71. The lowest BCUT2D eigenvalue weighted by atomic mass is 10.1. The van der Waals surface area contributed by atoms with Crippen molar-refractivity contribution in [3.63, 3.8) is 0 Å². The standard InChI is InChI=1S/C15H20N4O2/c1-11(9-10-13-7-5-4-6-8-13)16-15-14(19(20)21)12(2)17-18(15)3/h4-8,11,16H,9-10H2,1-3H3. The van der Waals surface area contributed by atoms with E-state index in [-0.39, 0.29) is 16.7 Å². The molecule has 112 valence electrons. The smallest absolute Gasteiger partial charge is 0.333 e. The molecule has 0 saturated heterocycles. The average Bonchev–Trinajstić information content (AvgIpc) is 2.72. The summed E-state index contributed by atoms with van der Waals surface area (Å²) in [5, 5.41) is 18.5. The van der Waals surface area contributed by atoms with Crippen molar-refractivity contribution in [3.05, 3.63) is 51.7 Å². The van der Waals surface area contributed by atoms with Gasteiger partial charge in [-0.15, -0.1) is 0 Å². The van der Waals surface area contributed by atoms with E-state index in [0.717, 1.165) is 12.8 Å². The van der Waals surface area contributed by atoms with Gasteiger partial charge in [-0.3, -0.25) is 10.1 Å². The molecule has 0 aliphatic heterocycles. The van der Waals surface area contributed by atoms with Crippen molar-refractivity contribution in [1.29, 1.82) is 0 Å². The van der Waals surface area contributed by atoms with Gasteiger partial charge in [0.15, 0.2) is 0 Å². The largest absolute Gasteiger partial charge is 0.362 e. The molecule has 1 aromatic carbocycles. The molecule has 1 atom stereocenters. The maximum absolute atomic E-state index is 11.1.